The Morgan fingerprint density at radius 1 is 1.40 bits per heavy atom. The van der Waals surface area contributed by atoms with Gasteiger partial charge in [0.1, 0.15) is 5.75 Å². The first-order chi connectivity index (χ1) is 7.13. The molecule has 0 unspecified atom stereocenters. The van der Waals surface area contributed by atoms with Crippen LogP contribution in [-0.2, 0) is 4.79 Å². The molecular weight excluding hydrogens is 196 g/mol. The number of nitrogens with one attached hydrogen (secondary N) is 2. The maximum Gasteiger partial charge on any atom is 0.251 e. The molecule has 0 atom stereocenters. The summed E-state index contributed by atoms with van der Waals surface area (Å²) in [6.07, 6.45) is 0. The third-order valence-electron chi connectivity index (χ3n) is 1.80. The highest BCUT2D eigenvalue weighted by Crippen LogP contribution is 2.10. The molecule has 0 saturated heterocycles. The fourth-order valence-corrected chi connectivity index (χ4v) is 0.998. The Hall–Kier alpha value is -2.04. The van der Waals surface area contributed by atoms with E-state index < -0.39 is 5.91 Å². The average Bonchev–Trinajstić information content (AvgIpc) is 2.25. The predicted octanol–water partition coefficient (Wildman–Crippen LogP) is -0.132. The first-order valence-corrected chi connectivity index (χ1v) is 4.41. The highest BCUT2D eigenvalue weighted by molar-refractivity contribution is 5.96. The van der Waals surface area contributed by atoms with Crippen molar-refractivity contribution in [3.63, 3.8) is 0 Å². The lowest BCUT2D eigenvalue weighted by molar-refractivity contribution is -0.119. The predicted molar refractivity (Wildman–Crippen MR) is 54.5 cm³/mol. The minimum absolute atomic E-state index is 0.0163. The molecule has 3 N–H and O–H groups in total. The van der Waals surface area contributed by atoms with E-state index in [9.17, 15) is 9.59 Å². The van der Waals surface area contributed by atoms with Crippen LogP contribution in [0, 0.1) is 0 Å². The molecule has 80 valence electrons. The second-order valence-electron chi connectivity index (χ2n) is 2.91. The molecule has 0 heterocycles. The van der Waals surface area contributed by atoms with Gasteiger partial charge in [0.2, 0.25) is 5.91 Å². The number of carbonyl (C=O) groups is 2. The van der Waals surface area contributed by atoms with Crippen molar-refractivity contribution in [3.05, 3.63) is 29.8 Å². The number of carbonyl (C=O) groups excluding carboxylic acids is 2. The van der Waals surface area contributed by atoms with Crippen molar-refractivity contribution < 1.29 is 14.7 Å². The van der Waals surface area contributed by atoms with Crippen LogP contribution in [0.3, 0.4) is 0 Å². The van der Waals surface area contributed by atoms with Gasteiger partial charge < -0.3 is 15.7 Å². The number of amides is 2. The lowest BCUT2D eigenvalue weighted by atomic mass is 10.2. The van der Waals surface area contributed by atoms with Crippen LogP contribution in [0.1, 0.15) is 10.4 Å². The lowest BCUT2D eigenvalue weighted by Crippen LogP contribution is -2.35. The summed E-state index contributed by atoms with van der Waals surface area (Å²) in [5.41, 5.74) is 0.318. The van der Waals surface area contributed by atoms with E-state index in [0.29, 0.717) is 5.56 Å². The van der Waals surface area contributed by atoms with Gasteiger partial charge in [0.15, 0.2) is 0 Å². The summed E-state index contributed by atoms with van der Waals surface area (Å²) < 4.78 is 0. The molecule has 2 amide bonds. The van der Waals surface area contributed by atoms with E-state index in [-0.39, 0.29) is 18.2 Å². The van der Waals surface area contributed by atoms with Crippen LogP contribution < -0.4 is 10.6 Å². The van der Waals surface area contributed by atoms with Gasteiger partial charge in [-0.2, -0.15) is 0 Å². The quantitative estimate of drug-likeness (QED) is 0.647. The van der Waals surface area contributed by atoms with Crippen LogP contribution in [0.15, 0.2) is 24.3 Å². The second kappa shape index (κ2) is 4.99. The van der Waals surface area contributed by atoms with Crippen LogP contribution in [-0.4, -0.2) is 30.5 Å². The van der Waals surface area contributed by atoms with Gasteiger partial charge >= 0.3 is 0 Å². The fraction of sp³-hybridized carbons (Fsp3) is 0.200. The summed E-state index contributed by atoms with van der Waals surface area (Å²) in [7, 11) is 1.49. The molecule has 1 rings (SSSR count). The summed E-state index contributed by atoms with van der Waals surface area (Å²) in [6.45, 7) is -0.0784. The van der Waals surface area contributed by atoms with Crippen molar-refractivity contribution in [2.24, 2.45) is 0 Å². The van der Waals surface area contributed by atoms with E-state index in [2.05, 4.69) is 10.6 Å². The smallest absolute Gasteiger partial charge is 0.251 e. The number of hydrogen-bond donors (Lipinski definition) is 3. The van der Waals surface area contributed by atoms with E-state index in [1.165, 1.54) is 19.2 Å². The van der Waals surface area contributed by atoms with Crippen LogP contribution in [0.5, 0.6) is 5.75 Å². The topological polar surface area (TPSA) is 78.4 Å². The largest absolute Gasteiger partial charge is 0.508 e. The zero-order valence-electron chi connectivity index (χ0n) is 8.28. The maximum absolute atomic E-state index is 11.4. The molecule has 0 fully saturated rings. The molecule has 0 spiro atoms. The normalized spacial score (nSPS) is 9.40. The van der Waals surface area contributed by atoms with E-state index in [4.69, 9.17) is 5.11 Å². The first-order valence-electron chi connectivity index (χ1n) is 4.41. The Morgan fingerprint density at radius 2 is 2.13 bits per heavy atom. The van der Waals surface area contributed by atoms with Crippen LogP contribution in [0.2, 0.25) is 0 Å². The fourth-order valence-electron chi connectivity index (χ4n) is 0.998. The molecule has 0 bridgehead atoms. The maximum atomic E-state index is 11.4. The number of rotatable bonds is 3. The molecule has 15 heavy (non-hydrogen) atoms. The van der Waals surface area contributed by atoms with Crippen LogP contribution >= 0.6 is 0 Å². The van der Waals surface area contributed by atoms with Crippen molar-refractivity contribution in [2.45, 2.75) is 0 Å². The Kier molecular flexibility index (Phi) is 3.68. The van der Waals surface area contributed by atoms with Crippen molar-refractivity contribution in [2.75, 3.05) is 13.6 Å². The Bertz CT molecular complexity index is 377. The van der Waals surface area contributed by atoms with Gasteiger partial charge in [-0.05, 0) is 18.2 Å². The molecule has 5 heteroatoms. The standard InChI is InChI=1S/C10H12N2O3/c1-11-9(14)6-12-10(15)7-3-2-4-8(13)5-7/h2-5,13H,6H2,1H3,(H,11,14)(H,12,15). The molecule has 0 radical (unpaired) electrons. The Morgan fingerprint density at radius 3 is 2.73 bits per heavy atom. The molecule has 0 aliphatic rings. The molecule has 5 nitrogen and oxygen atoms in total. The van der Waals surface area contributed by atoms with Gasteiger partial charge in [-0.25, -0.2) is 0 Å². The number of phenolic OH excluding ortho intramolecular Hbond substituents is 1. The van der Waals surface area contributed by atoms with Crippen molar-refractivity contribution in [1.82, 2.24) is 10.6 Å². The van der Waals surface area contributed by atoms with E-state index >= 15 is 0 Å². The van der Waals surface area contributed by atoms with Gasteiger partial charge in [0.25, 0.3) is 5.91 Å². The molecule has 0 aromatic heterocycles. The molecule has 0 saturated carbocycles. The van der Waals surface area contributed by atoms with Gasteiger partial charge in [-0.15, -0.1) is 0 Å². The third-order valence-corrected chi connectivity index (χ3v) is 1.80. The van der Waals surface area contributed by atoms with Crippen LogP contribution in [0.4, 0.5) is 0 Å². The highest BCUT2D eigenvalue weighted by atomic mass is 16.3. The van der Waals surface area contributed by atoms with E-state index in [1.54, 1.807) is 12.1 Å². The minimum atomic E-state index is -0.394. The van der Waals surface area contributed by atoms with Gasteiger partial charge in [0, 0.05) is 12.6 Å². The van der Waals surface area contributed by atoms with Gasteiger partial charge in [0.05, 0.1) is 6.54 Å². The Balaban J connectivity index is 2.58. The third kappa shape index (κ3) is 3.30. The molecular formula is C10H12N2O3. The SMILES string of the molecule is CNC(=O)CNC(=O)c1cccc(O)c1. The number of benzene rings is 1. The summed E-state index contributed by atoms with van der Waals surface area (Å²) in [5, 5.41) is 13.9. The number of hydrogen-bond acceptors (Lipinski definition) is 3. The Labute approximate surface area is 87.1 Å². The number of likely N-dealkylation sites (N-methyl/N-ethyl adjacent to an activating group) is 1. The van der Waals surface area contributed by atoms with Gasteiger partial charge in [-0.1, -0.05) is 6.07 Å². The van der Waals surface area contributed by atoms with Gasteiger partial charge in [-0.3, -0.25) is 9.59 Å². The van der Waals surface area contributed by atoms with Crippen molar-refractivity contribution in [3.8, 4) is 5.75 Å². The number of aromatic hydroxyl groups is 1. The van der Waals surface area contributed by atoms with Crippen molar-refractivity contribution in [1.29, 1.82) is 0 Å². The van der Waals surface area contributed by atoms with Crippen molar-refractivity contribution >= 4 is 11.8 Å². The summed E-state index contributed by atoms with van der Waals surface area (Å²) >= 11 is 0. The van der Waals surface area contributed by atoms with E-state index in [0.717, 1.165) is 0 Å². The molecule has 0 aliphatic carbocycles. The zero-order chi connectivity index (χ0) is 11.3. The highest BCUT2D eigenvalue weighted by Gasteiger charge is 2.06. The van der Waals surface area contributed by atoms with E-state index in [1.807, 2.05) is 0 Å². The summed E-state index contributed by atoms with van der Waals surface area (Å²) in [5.74, 6) is -0.652. The zero-order valence-corrected chi connectivity index (χ0v) is 8.28. The monoisotopic (exact) mass is 208 g/mol. The molecule has 1 aromatic carbocycles. The first kappa shape index (κ1) is 11.0. The van der Waals surface area contributed by atoms with Crippen LogP contribution in [0.25, 0.3) is 0 Å². The average molecular weight is 208 g/mol. The second-order valence-corrected chi connectivity index (χ2v) is 2.91. The summed E-state index contributed by atoms with van der Waals surface area (Å²) in [6, 6.07) is 5.91. The number of phenols is 1. The molecule has 0 aliphatic heterocycles. The lowest BCUT2D eigenvalue weighted by Gasteiger charge is -2.04. The molecule has 1 aromatic rings. The minimum Gasteiger partial charge on any atom is -0.508 e. The summed E-state index contributed by atoms with van der Waals surface area (Å²) in [4.78, 5) is 22.3.